The van der Waals surface area contributed by atoms with Crippen molar-refractivity contribution < 1.29 is 14.8 Å². The topological polar surface area (TPSA) is 92.5 Å². The van der Waals surface area contributed by atoms with Gasteiger partial charge < -0.3 is 10.4 Å². The lowest BCUT2D eigenvalue weighted by molar-refractivity contribution is -0.387. The summed E-state index contributed by atoms with van der Waals surface area (Å²) in [6.45, 7) is 0. The quantitative estimate of drug-likeness (QED) is 0.197. The lowest BCUT2D eigenvalue weighted by atomic mass is 9.76. The highest BCUT2D eigenvalue weighted by molar-refractivity contribution is 9.10. The van der Waals surface area contributed by atoms with Crippen molar-refractivity contribution in [3.05, 3.63) is 98.0 Å². The molecule has 1 fully saturated rings. The van der Waals surface area contributed by atoms with Gasteiger partial charge in [-0.05, 0) is 47.7 Å². The summed E-state index contributed by atoms with van der Waals surface area (Å²) in [5, 5.41) is 24.5. The number of benzene rings is 3. The summed E-state index contributed by atoms with van der Waals surface area (Å²) in [7, 11) is 0. The fraction of sp³-hybridized carbons (Fsp3) is 0.240. The third kappa shape index (κ3) is 4.08. The molecular formula is C25H20BrClN2O4S. The average Bonchev–Trinajstić information content (AvgIpc) is 3.14. The van der Waals surface area contributed by atoms with Gasteiger partial charge in [0.1, 0.15) is 0 Å². The van der Waals surface area contributed by atoms with Crippen LogP contribution in [0.5, 0.6) is 0 Å². The molecule has 0 spiro atoms. The van der Waals surface area contributed by atoms with Crippen LogP contribution in [0.15, 0.2) is 76.1 Å². The van der Waals surface area contributed by atoms with Crippen LogP contribution in [0, 0.1) is 16.0 Å². The molecule has 0 radical (unpaired) electrons. The van der Waals surface area contributed by atoms with Gasteiger partial charge in [0, 0.05) is 21.7 Å². The Kier molecular flexibility index (Phi) is 6.31. The van der Waals surface area contributed by atoms with Gasteiger partial charge in [-0.2, -0.15) is 0 Å². The summed E-state index contributed by atoms with van der Waals surface area (Å²) in [6, 6.07) is 19.8. The molecule has 1 saturated carbocycles. The highest BCUT2D eigenvalue weighted by atomic mass is 79.9. The number of carbonyl (C=O) groups is 1. The summed E-state index contributed by atoms with van der Waals surface area (Å²) in [5.74, 6) is -0.999. The number of nitrogens with one attached hydrogen (secondary N) is 1. The Morgan fingerprint density at radius 1 is 1.15 bits per heavy atom. The monoisotopic (exact) mass is 558 g/mol. The summed E-state index contributed by atoms with van der Waals surface area (Å²) in [6.07, 6.45) is 0.733. The summed E-state index contributed by atoms with van der Waals surface area (Å²) in [4.78, 5) is 23.8. The minimum Gasteiger partial charge on any atom is -0.478 e. The molecule has 0 amide bonds. The Labute approximate surface area is 214 Å². The molecule has 2 aliphatic rings. The van der Waals surface area contributed by atoms with Gasteiger partial charge in [-0.15, -0.1) is 23.4 Å². The van der Waals surface area contributed by atoms with E-state index in [9.17, 15) is 20.0 Å². The first-order valence-corrected chi connectivity index (χ1v) is 12.9. The van der Waals surface area contributed by atoms with Gasteiger partial charge >= 0.3 is 5.97 Å². The molecular weight excluding hydrogens is 540 g/mol. The molecule has 6 nitrogen and oxygen atoms in total. The molecule has 3 aromatic carbocycles. The van der Waals surface area contributed by atoms with Crippen LogP contribution < -0.4 is 5.32 Å². The molecule has 0 aromatic heterocycles. The number of carboxylic acid groups (broad SMARTS) is 1. The Hall–Kier alpha value is -2.55. The second-order valence-corrected chi connectivity index (χ2v) is 11.2. The molecule has 5 atom stereocenters. The highest BCUT2D eigenvalue weighted by Crippen LogP contribution is 2.58. The van der Waals surface area contributed by atoms with Crippen molar-refractivity contribution in [1.29, 1.82) is 0 Å². The van der Waals surface area contributed by atoms with Crippen LogP contribution in [0.4, 0.5) is 11.4 Å². The number of para-hydroxylation sites is 2. The first-order valence-electron chi connectivity index (χ1n) is 10.8. The zero-order valence-corrected chi connectivity index (χ0v) is 20.9. The van der Waals surface area contributed by atoms with E-state index in [2.05, 4.69) is 21.2 Å². The molecule has 0 saturated heterocycles. The Balaban J connectivity index is 1.58. The molecule has 5 rings (SSSR count). The molecule has 3 aromatic rings. The number of carboxylic acids is 1. The van der Waals surface area contributed by atoms with Crippen LogP contribution in [0.2, 0.25) is 0 Å². The highest BCUT2D eigenvalue weighted by Gasteiger charge is 2.51. The number of nitro benzene ring substituents is 1. The van der Waals surface area contributed by atoms with Crippen molar-refractivity contribution in [3.8, 4) is 0 Å². The van der Waals surface area contributed by atoms with Gasteiger partial charge in [-0.1, -0.05) is 52.3 Å². The normalized spacial score (nSPS) is 25.2. The second kappa shape index (κ2) is 9.24. The minimum atomic E-state index is -0.995. The average molecular weight is 560 g/mol. The van der Waals surface area contributed by atoms with Crippen molar-refractivity contribution in [2.75, 3.05) is 5.32 Å². The number of nitrogens with zero attached hydrogens (tertiary/aromatic N) is 1. The number of nitro groups is 1. The Morgan fingerprint density at radius 2 is 1.91 bits per heavy atom. The van der Waals surface area contributed by atoms with Crippen LogP contribution in [0.1, 0.15) is 39.9 Å². The maximum absolute atomic E-state index is 12.0. The smallest absolute Gasteiger partial charge is 0.337 e. The van der Waals surface area contributed by atoms with Crippen molar-refractivity contribution >= 4 is 56.6 Å². The van der Waals surface area contributed by atoms with Gasteiger partial charge in [0.15, 0.2) is 0 Å². The summed E-state index contributed by atoms with van der Waals surface area (Å²) < 4.78 is 0.937. The minimum absolute atomic E-state index is 0.0708. The van der Waals surface area contributed by atoms with E-state index in [-0.39, 0.29) is 44.7 Å². The summed E-state index contributed by atoms with van der Waals surface area (Å²) >= 11 is 12.1. The number of hydrogen-bond acceptors (Lipinski definition) is 5. The SMILES string of the molecule is O=C(O)c1cccc2c1N[C@H](c1cccc(Br)c1)[C@@H]1C[C@H](Sc3ccccc3[N+](=O)[O-])[C@H](Cl)[C@H]21. The molecule has 1 aliphatic carbocycles. The van der Waals surface area contributed by atoms with Crippen molar-refractivity contribution in [2.45, 2.75) is 33.9 Å². The lowest BCUT2D eigenvalue weighted by Crippen LogP contribution is -2.32. The number of rotatable bonds is 5. The number of alkyl halides is 1. The van der Waals surface area contributed by atoms with Gasteiger partial charge in [-0.25, -0.2) is 4.79 Å². The van der Waals surface area contributed by atoms with E-state index in [1.807, 2.05) is 30.3 Å². The molecule has 0 unspecified atom stereocenters. The van der Waals surface area contributed by atoms with Crippen LogP contribution in [-0.2, 0) is 0 Å². The number of hydrogen-bond donors (Lipinski definition) is 2. The number of aromatic carboxylic acids is 1. The van der Waals surface area contributed by atoms with Crippen molar-refractivity contribution in [1.82, 2.24) is 0 Å². The zero-order chi connectivity index (χ0) is 24.0. The van der Waals surface area contributed by atoms with Crippen molar-refractivity contribution in [2.24, 2.45) is 5.92 Å². The number of anilines is 1. The Morgan fingerprint density at radius 3 is 2.65 bits per heavy atom. The predicted octanol–water partition coefficient (Wildman–Crippen LogP) is 7.09. The third-order valence-electron chi connectivity index (χ3n) is 6.63. The molecule has 1 aliphatic heterocycles. The number of thioether (sulfide) groups is 1. The van der Waals surface area contributed by atoms with Crippen LogP contribution >= 0.6 is 39.3 Å². The second-order valence-electron chi connectivity index (χ2n) is 8.50. The van der Waals surface area contributed by atoms with Crippen molar-refractivity contribution in [3.63, 3.8) is 0 Å². The van der Waals surface area contributed by atoms with E-state index in [4.69, 9.17) is 11.6 Å². The summed E-state index contributed by atoms with van der Waals surface area (Å²) in [5.41, 5.74) is 2.82. The fourth-order valence-electron chi connectivity index (χ4n) is 5.22. The maximum Gasteiger partial charge on any atom is 0.337 e. The zero-order valence-electron chi connectivity index (χ0n) is 17.7. The van der Waals surface area contributed by atoms with E-state index < -0.39 is 5.97 Å². The van der Waals surface area contributed by atoms with E-state index in [1.54, 1.807) is 30.3 Å². The lowest BCUT2D eigenvalue weighted by Gasteiger charge is -2.39. The van der Waals surface area contributed by atoms with Crippen LogP contribution in [0.25, 0.3) is 0 Å². The molecule has 34 heavy (non-hydrogen) atoms. The van der Waals surface area contributed by atoms with Gasteiger partial charge in [-0.3, -0.25) is 10.1 Å². The first-order chi connectivity index (χ1) is 16.3. The van der Waals surface area contributed by atoms with Gasteiger partial charge in [0.25, 0.3) is 5.69 Å². The number of halogens is 2. The number of fused-ring (bicyclic) bond motifs is 3. The van der Waals surface area contributed by atoms with E-state index >= 15 is 0 Å². The first kappa shape index (κ1) is 23.2. The standard InChI is InChI=1S/C25H20BrClN2O4S/c26-14-6-3-5-13(11-14)23-17-12-20(34-19-10-2-1-9-18(19)29(32)33)22(27)21(17)15-7-4-8-16(25(30)31)24(15)28-23/h1-11,17,20-23,28H,12H2,(H,30,31)/t17-,20+,21-,22+,23-/m1/s1. The van der Waals surface area contributed by atoms with Crippen LogP contribution in [0.3, 0.4) is 0 Å². The van der Waals surface area contributed by atoms with Gasteiger partial charge in [0.2, 0.25) is 0 Å². The van der Waals surface area contributed by atoms with E-state index in [1.165, 1.54) is 17.8 Å². The molecule has 1 heterocycles. The van der Waals surface area contributed by atoms with E-state index in [0.717, 1.165) is 22.0 Å². The third-order valence-corrected chi connectivity index (χ3v) is 9.23. The van der Waals surface area contributed by atoms with E-state index in [0.29, 0.717) is 10.6 Å². The molecule has 174 valence electrons. The fourth-order valence-corrected chi connectivity index (χ4v) is 7.58. The maximum atomic E-state index is 12.0. The molecule has 0 bridgehead atoms. The molecule has 2 N–H and O–H groups in total. The van der Waals surface area contributed by atoms with Gasteiger partial charge in [0.05, 0.1) is 32.5 Å². The predicted molar refractivity (Wildman–Crippen MR) is 137 cm³/mol. The Bertz CT molecular complexity index is 1290. The largest absolute Gasteiger partial charge is 0.478 e. The molecule has 9 heteroatoms. The van der Waals surface area contributed by atoms with Crippen LogP contribution in [-0.4, -0.2) is 26.6 Å².